The van der Waals surface area contributed by atoms with Gasteiger partial charge in [0.25, 0.3) is 0 Å². The lowest BCUT2D eigenvalue weighted by atomic mass is 9.98. The summed E-state index contributed by atoms with van der Waals surface area (Å²) in [5.41, 5.74) is 0. The van der Waals surface area contributed by atoms with E-state index in [1.807, 2.05) is 0 Å². The van der Waals surface area contributed by atoms with Gasteiger partial charge in [0.15, 0.2) is 0 Å². The molecule has 4 heteroatoms. The predicted molar refractivity (Wildman–Crippen MR) is 68.2 cm³/mol. The SMILES string of the molecule is C1COCC(CN2CC(N3CCNCC3)C2)C1. The molecular formula is C13H25N3O. The molecule has 3 aliphatic rings. The zero-order valence-electron chi connectivity index (χ0n) is 10.7. The molecule has 0 amide bonds. The van der Waals surface area contributed by atoms with Crippen molar-refractivity contribution in [3.05, 3.63) is 0 Å². The van der Waals surface area contributed by atoms with Crippen LogP contribution in [0.15, 0.2) is 0 Å². The van der Waals surface area contributed by atoms with E-state index in [1.165, 1.54) is 58.7 Å². The van der Waals surface area contributed by atoms with Crippen LogP contribution in [0, 0.1) is 5.92 Å². The van der Waals surface area contributed by atoms with Crippen LogP contribution >= 0.6 is 0 Å². The first-order valence-electron chi connectivity index (χ1n) is 7.17. The number of hydrogen-bond acceptors (Lipinski definition) is 4. The summed E-state index contributed by atoms with van der Waals surface area (Å²) in [5.74, 6) is 0.799. The molecule has 3 aliphatic heterocycles. The molecule has 4 nitrogen and oxygen atoms in total. The van der Waals surface area contributed by atoms with Gasteiger partial charge < -0.3 is 10.1 Å². The first-order chi connectivity index (χ1) is 8.42. The van der Waals surface area contributed by atoms with E-state index in [0.29, 0.717) is 0 Å². The van der Waals surface area contributed by atoms with Crippen molar-refractivity contribution < 1.29 is 4.74 Å². The Morgan fingerprint density at radius 2 is 2.00 bits per heavy atom. The van der Waals surface area contributed by atoms with Gasteiger partial charge in [0.1, 0.15) is 0 Å². The second-order valence-corrected chi connectivity index (χ2v) is 5.74. The van der Waals surface area contributed by atoms with Crippen molar-refractivity contribution in [2.75, 3.05) is 59.0 Å². The van der Waals surface area contributed by atoms with Crippen LogP contribution in [0.2, 0.25) is 0 Å². The van der Waals surface area contributed by atoms with Gasteiger partial charge in [0.05, 0.1) is 6.61 Å². The maximum absolute atomic E-state index is 5.55. The van der Waals surface area contributed by atoms with E-state index in [9.17, 15) is 0 Å². The van der Waals surface area contributed by atoms with Crippen LogP contribution in [0.25, 0.3) is 0 Å². The van der Waals surface area contributed by atoms with E-state index in [2.05, 4.69) is 15.1 Å². The van der Waals surface area contributed by atoms with Gasteiger partial charge in [-0.25, -0.2) is 0 Å². The molecule has 0 aliphatic carbocycles. The van der Waals surface area contributed by atoms with Crippen LogP contribution < -0.4 is 5.32 Å². The van der Waals surface area contributed by atoms with Crippen LogP contribution in [-0.2, 0) is 4.74 Å². The highest BCUT2D eigenvalue weighted by Crippen LogP contribution is 2.21. The summed E-state index contributed by atoms with van der Waals surface area (Å²) >= 11 is 0. The molecular weight excluding hydrogens is 214 g/mol. The number of ether oxygens (including phenoxy) is 1. The number of likely N-dealkylation sites (tertiary alicyclic amines) is 1. The number of hydrogen-bond donors (Lipinski definition) is 1. The number of piperazine rings is 1. The summed E-state index contributed by atoms with van der Waals surface area (Å²) in [4.78, 5) is 5.27. The smallest absolute Gasteiger partial charge is 0.0506 e. The second-order valence-electron chi connectivity index (χ2n) is 5.74. The van der Waals surface area contributed by atoms with Crippen molar-refractivity contribution >= 4 is 0 Å². The average molecular weight is 239 g/mol. The third-order valence-electron chi connectivity index (χ3n) is 4.38. The molecule has 1 N–H and O–H groups in total. The molecule has 0 aromatic carbocycles. The Labute approximate surface area is 104 Å². The van der Waals surface area contributed by atoms with Crippen LogP contribution in [0.3, 0.4) is 0 Å². The summed E-state index contributed by atoms with van der Waals surface area (Å²) in [6.45, 7) is 10.7. The first-order valence-corrected chi connectivity index (χ1v) is 7.17. The standard InChI is InChI=1S/C13H25N3O/c1-2-12(11-17-7-1)8-15-9-13(10-15)16-5-3-14-4-6-16/h12-14H,1-11H2. The van der Waals surface area contributed by atoms with Crippen LogP contribution in [-0.4, -0.2) is 74.9 Å². The van der Waals surface area contributed by atoms with Crippen molar-refractivity contribution in [2.45, 2.75) is 18.9 Å². The molecule has 0 radical (unpaired) electrons. The molecule has 0 aromatic heterocycles. The number of rotatable bonds is 3. The molecule has 0 spiro atoms. The van der Waals surface area contributed by atoms with E-state index >= 15 is 0 Å². The Balaban J connectivity index is 1.36. The molecule has 3 rings (SSSR count). The van der Waals surface area contributed by atoms with E-state index in [-0.39, 0.29) is 0 Å². The third kappa shape index (κ3) is 2.99. The van der Waals surface area contributed by atoms with Crippen molar-refractivity contribution in [1.29, 1.82) is 0 Å². The summed E-state index contributed by atoms with van der Waals surface area (Å²) in [7, 11) is 0. The van der Waals surface area contributed by atoms with Gasteiger partial charge in [-0.1, -0.05) is 0 Å². The van der Waals surface area contributed by atoms with Gasteiger partial charge in [-0.05, 0) is 18.8 Å². The Kier molecular flexibility index (Phi) is 3.96. The summed E-state index contributed by atoms with van der Waals surface area (Å²) in [5, 5.41) is 3.42. The van der Waals surface area contributed by atoms with Crippen molar-refractivity contribution in [3.8, 4) is 0 Å². The van der Waals surface area contributed by atoms with Crippen molar-refractivity contribution in [2.24, 2.45) is 5.92 Å². The lowest BCUT2D eigenvalue weighted by Crippen LogP contribution is -2.63. The van der Waals surface area contributed by atoms with Crippen LogP contribution in [0.1, 0.15) is 12.8 Å². The largest absolute Gasteiger partial charge is 0.381 e. The molecule has 1 atom stereocenters. The van der Waals surface area contributed by atoms with E-state index in [0.717, 1.165) is 25.2 Å². The Morgan fingerprint density at radius 3 is 2.71 bits per heavy atom. The predicted octanol–water partition coefficient (Wildman–Crippen LogP) is 0.00240. The third-order valence-corrected chi connectivity index (χ3v) is 4.38. The Hall–Kier alpha value is -0.160. The quantitative estimate of drug-likeness (QED) is 0.750. The van der Waals surface area contributed by atoms with E-state index in [4.69, 9.17) is 4.74 Å². The van der Waals surface area contributed by atoms with E-state index < -0.39 is 0 Å². The van der Waals surface area contributed by atoms with Crippen LogP contribution in [0.4, 0.5) is 0 Å². The van der Waals surface area contributed by atoms with Crippen LogP contribution in [0.5, 0.6) is 0 Å². The van der Waals surface area contributed by atoms with Gasteiger partial charge in [0, 0.05) is 58.5 Å². The normalized spacial score (nSPS) is 33.5. The summed E-state index contributed by atoms with van der Waals surface area (Å²) in [6, 6.07) is 0.835. The second kappa shape index (κ2) is 5.65. The lowest BCUT2D eigenvalue weighted by molar-refractivity contribution is -0.0109. The fraction of sp³-hybridized carbons (Fsp3) is 1.00. The topological polar surface area (TPSA) is 27.7 Å². The molecule has 3 fully saturated rings. The summed E-state index contributed by atoms with van der Waals surface area (Å²) < 4.78 is 5.55. The Bertz CT molecular complexity index is 231. The molecule has 17 heavy (non-hydrogen) atoms. The highest BCUT2D eigenvalue weighted by atomic mass is 16.5. The maximum atomic E-state index is 5.55. The maximum Gasteiger partial charge on any atom is 0.0506 e. The van der Waals surface area contributed by atoms with Gasteiger partial charge in [-0.2, -0.15) is 0 Å². The van der Waals surface area contributed by atoms with Gasteiger partial charge in [0.2, 0.25) is 0 Å². The highest BCUT2D eigenvalue weighted by molar-refractivity contribution is 4.90. The number of nitrogens with one attached hydrogen (secondary N) is 1. The monoisotopic (exact) mass is 239 g/mol. The Morgan fingerprint density at radius 1 is 1.18 bits per heavy atom. The minimum atomic E-state index is 0.799. The first kappa shape index (κ1) is 11.9. The molecule has 3 saturated heterocycles. The van der Waals surface area contributed by atoms with Gasteiger partial charge in [-0.15, -0.1) is 0 Å². The summed E-state index contributed by atoms with van der Waals surface area (Å²) in [6.07, 6.45) is 2.63. The molecule has 0 saturated carbocycles. The van der Waals surface area contributed by atoms with Gasteiger partial charge >= 0.3 is 0 Å². The average Bonchev–Trinajstić information content (AvgIpc) is 2.36. The van der Waals surface area contributed by atoms with Gasteiger partial charge in [-0.3, -0.25) is 9.80 Å². The fourth-order valence-electron chi connectivity index (χ4n) is 3.29. The molecule has 0 aromatic rings. The highest BCUT2D eigenvalue weighted by Gasteiger charge is 2.33. The fourth-order valence-corrected chi connectivity index (χ4v) is 3.29. The van der Waals surface area contributed by atoms with E-state index in [1.54, 1.807) is 0 Å². The van der Waals surface area contributed by atoms with Crippen molar-refractivity contribution in [1.82, 2.24) is 15.1 Å². The minimum absolute atomic E-state index is 0.799. The zero-order chi connectivity index (χ0) is 11.5. The number of nitrogens with zero attached hydrogens (tertiary/aromatic N) is 2. The molecule has 1 unspecified atom stereocenters. The minimum Gasteiger partial charge on any atom is -0.381 e. The molecule has 0 bridgehead atoms. The lowest BCUT2D eigenvalue weighted by Gasteiger charge is -2.48. The van der Waals surface area contributed by atoms with Crippen molar-refractivity contribution in [3.63, 3.8) is 0 Å². The molecule has 98 valence electrons. The zero-order valence-corrected chi connectivity index (χ0v) is 10.7. The molecule has 3 heterocycles.